The molecule has 0 unspecified atom stereocenters. The molecule has 0 saturated heterocycles. The van der Waals surface area contributed by atoms with Gasteiger partial charge in [0.15, 0.2) is 5.58 Å². The van der Waals surface area contributed by atoms with Crippen molar-refractivity contribution in [3.63, 3.8) is 0 Å². The second kappa shape index (κ2) is 7.43. The number of hydrogen-bond acceptors (Lipinski definition) is 3. The number of carbonyl (C=O) groups is 1. The molecule has 4 aromatic rings. The number of alkyl halides is 3. The second-order valence-electron chi connectivity index (χ2n) is 6.49. The van der Waals surface area contributed by atoms with E-state index in [1.165, 1.54) is 12.1 Å². The second-order valence-corrected chi connectivity index (χ2v) is 6.49. The number of amides is 1. The topological polar surface area (TPSA) is 55.1 Å². The number of aromatic nitrogens is 1. The predicted molar refractivity (Wildman–Crippen MR) is 103 cm³/mol. The van der Waals surface area contributed by atoms with Gasteiger partial charge < -0.3 is 9.73 Å². The van der Waals surface area contributed by atoms with Gasteiger partial charge in [-0.3, -0.25) is 4.79 Å². The summed E-state index contributed by atoms with van der Waals surface area (Å²) in [5.41, 5.74) is 2.07. The molecule has 0 fully saturated rings. The van der Waals surface area contributed by atoms with Crippen LogP contribution in [-0.4, -0.2) is 10.9 Å². The standard InChI is InChI=1S/C22H15F3N2O2/c23-22(24,25)16-7-3-5-14(11-16)12-20(28)26-17-8-4-6-15(13-17)21-27-18-9-1-2-10-19(18)29-21/h1-11,13H,12H2,(H,26,28). The van der Waals surface area contributed by atoms with Gasteiger partial charge in [0.1, 0.15) is 5.52 Å². The molecule has 7 heteroatoms. The lowest BCUT2D eigenvalue weighted by Crippen LogP contribution is -2.15. The Labute approximate surface area is 164 Å². The molecule has 0 aliphatic carbocycles. The van der Waals surface area contributed by atoms with Gasteiger partial charge in [0.25, 0.3) is 0 Å². The third-order valence-electron chi connectivity index (χ3n) is 4.31. The van der Waals surface area contributed by atoms with Gasteiger partial charge in [-0.05, 0) is 42.0 Å². The van der Waals surface area contributed by atoms with Crippen LogP contribution in [0.25, 0.3) is 22.6 Å². The number of carbonyl (C=O) groups excluding carboxylic acids is 1. The lowest BCUT2D eigenvalue weighted by atomic mass is 10.1. The molecule has 0 radical (unpaired) electrons. The largest absolute Gasteiger partial charge is 0.436 e. The van der Waals surface area contributed by atoms with Gasteiger partial charge in [-0.2, -0.15) is 13.2 Å². The van der Waals surface area contributed by atoms with Crippen molar-refractivity contribution in [1.82, 2.24) is 4.98 Å². The van der Waals surface area contributed by atoms with Crippen LogP contribution in [0.2, 0.25) is 0 Å². The Hall–Kier alpha value is -3.61. The molecule has 4 nitrogen and oxygen atoms in total. The van der Waals surface area contributed by atoms with Crippen molar-refractivity contribution >= 4 is 22.7 Å². The number of nitrogens with zero attached hydrogens (tertiary/aromatic N) is 1. The summed E-state index contributed by atoms with van der Waals surface area (Å²) >= 11 is 0. The molecule has 4 rings (SSSR count). The first-order valence-corrected chi connectivity index (χ1v) is 8.80. The lowest BCUT2D eigenvalue weighted by Gasteiger charge is -2.09. The molecular weight excluding hydrogens is 381 g/mol. The third-order valence-corrected chi connectivity index (χ3v) is 4.31. The van der Waals surface area contributed by atoms with Gasteiger partial charge >= 0.3 is 6.18 Å². The number of para-hydroxylation sites is 2. The van der Waals surface area contributed by atoms with E-state index in [1.54, 1.807) is 24.3 Å². The van der Waals surface area contributed by atoms with E-state index >= 15 is 0 Å². The van der Waals surface area contributed by atoms with Gasteiger partial charge in [0.2, 0.25) is 11.8 Å². The van der Waals surface area contributed by atoms with Crippen molar-refractivity contribution < 1.29 is 22.4 Å². The van der Waals surface area contributed by atoms with E-state index in [0.717, 1.165) is 17.6 Å². The summed E-state index contributed by atoms with van der Waals surface area (Å²) in [6, 6.07) is 19.0. The summed E-state index contributed by atoms with van der Waals surface area (Å²) in [6.07, 6.45) is -4.61. The van der Waals surface area contributed by atoms with Crippen LogP contribution in [0.3, 0.4) is 0 Å². The van der Waals surface area contributed by atoms with Crippen LogP contribution >= 0.6 is 0 Å². The highest BCUT2D eigenvalue weighted by Gasteiger charge is 2.30. The van der Waals surface area contributed by atoms with Gasteiger partial charge in [0.05, 0.1) is 12.0 Å². The Bertz CT molecular complexity index is 1150. The summed E-state index contributed by atoms with van der Waals surface area (Å²) in [5, 5.41) is 2.70. The minimum absolute atomic E-state index is 0.170. The highest BCUT2D eigenvalue weighted by atomic mass is 19.4. The first-order chi connectivity index (χ1) is 13.9. The van der Waals surface area contributed by atoms with Crippen LogP contribution < -0.4 is 5.32 Å². The van der Waals surface area contributed by atoms with Gasteiger partial charge in [0, 0.05) is 11.3 Å². The maximum absolute atomic E-state index is 12.8. The molecule has 1 N–H and O–H groups in total. The minimum atomic E-state index is -4.44. The van der Waals surface area contributed by atoms with Crippen LogP contribution in [-0.2, 0) is 17.4 Å². The van der Waals surface area contributed by atoms with Crippen LogP contribution in [0.4, 0.5) is 18.9 Å². The zero-order valence-electron chi connectivity index (χ0n) is 15.0. The number of anilines is 1. The van der Waals surface area contributed by atoms with E-state index in [1.807, 2.05) is 24.3 Å². The molecule has 1 amide bonds. The number of benzene rings is 3. The number of hydrogen-bond donors (Lipinski definition) is 1. The Morgan fingerprint density at radius 1 is 0.966 bits per heavy atom. The molecule has 29 heavy (non-hydrogen) atoms. The maximum atomic E-state index is 12.8. The molecule has 0 saturated carbocycles. The monoisotopic (exact) mass is 396 g/mol. The van der Waals surface area contributed by atoms with Gasteiger partial charge in [-0.25, -0.2) is 4.98 Å². The van der Waals surface area contributed by atoms with Crippen molar-refractivity contribution in [2.45, 2.75) is 12.6 Å². The average molecular weight is 396 g/mol. The number of rotatable bonds is 4. The van der Waals surface area contributed by atoms with Crippen molar-refractivity contribution in [2.24, 2.45) is 0 Å². The molecular formula is C22H15F3N2O2. The van der Waals surface area contributed by atoms with E-state index in [0.29, 0.717) is 22.7 Å². The fourth-order valence-electron chi connectivity index (χ4n) is 2.97. The summed E-state index contributed by atoms with van der Waals surface area (Å²) in [5.74, 6) is -0.000725. The zero-order valence-corrected chi connectivity index (χ0v) is 15.0. The Morgan fingerprint density at radius 2 is 1.76 bits per heavy atom. The Balaban J connectivity index is 1.50. The highest BCUT2D eigenvalue weighted by molar-refractivity contribution is 5.93. The molecule has 0 atom stereocenters. The van der Waals surface area contributed by atoms with Crippen molar-refractivity contribution in [2.75, 3.05) is 5.32 Å². The summed E-state index contributed by atoms with van der Waals surface area (Å²) in [6.45, 7) is 0. The summed E-state index contributed by atoms with van der Waals surface area (Å²) in [7, 11) is 0. The molecule has 1 heterocycles. The molecule has 0 aliphatic heterocycles. The number of nitrogens with one attached hydrogen (secondary N) is 1. The highest BCUT2D eigenvalue weighted by Crippen LogP contribution is 2.30. The first-order valence-electron chi connectivity index (χ1n) is 8.80. The van der Waals surface area contributed by atoms with E-state index < -0.39 is 17.6 Å². The zero-order chi connectivity index (χ0) is 20.4. The molecule has 146 valence electrons. The van der Waals surface area contributed by atoms with Crippen molar-refractivity contribution in [1.29, 1.82) is 0 Å². The Kier molecular flexibility index (Phi) is 4.80. The van der Waals surface area contributed by atoms with E-state index in [2.05, 4.69) is 10.3 Å². The molecule has 1 aromatic heterocycles. The first kappa shape index (κ1) is 18.7. The fourth-order valence-corrected chi connectivity index (χ4v) is 2.97. The summed E-state index contributed by atoms with van der Waals surface area (Å²) in [4.78, 5) is 16.7. The van der Waals surface area contributed by atoms with Crippen molar-refractivity contribution in [3.05, 3.63) is 83.9 Å². The molecule has 0 bridgehead atoms. The quantitative estimate of drug-likeness (QED) is 0.482. The molecule has 0 spiro atoms. The van der Waals surface area contributed by atoms with E-state index in [-0.39, 0.29) is 12.0 Å². The normalized spacial score (nSPS) is 11.6. The van der Waals surface area contributed by atoms with E-state index in [9.17, 15) is 18.0 Å². The van der Waals surface area contributed by atoms with Crippen LogP contribution in [0.1, 0.15) is 11.1 Å². The van der Waals surface area contributed by atoms with Crippen LogP contribution in [0.5, 0.6) is 0 Å². The number of halogens is 3. The Morgan fingerprint density at radius 3 is 2.55 bits per heavy atom. The fraction of sp³-hybridized carbons (Fsp3) is 0.0909. The minimum Gasteiger partial charge on any atom is -0.436 e. The van der Waals surface area contributed by atoms with Crippen LogP contribution in [0.15, 0.2) is 77.2 Å². The molecule has 3 aromatic carbocycles. The van der Waals surface area contributed by atoms with Crippen LogP contribution in [0, 0.1) is 0 Å². The number of oxazole rings is 1. The predicted octanol–water partition coefficient (Wildman–Crippen LogP) is 5.69. The summed E-state index contributed by atoms with van der Waals surface area (Å²) < 4.78 is 44.2. The lowest BCUT2D eigenvalue weighted by molar-refractivity contribution is -0.137. The SMILES string of the molecule is O=C(Cc1cccc(C(F)(F)F)c1)Nc1cccc(-c2nc3ccccc3o2)c1. The van der Waals surface area contributed by atoms with E-state index in [4.69, 9.17) is 4.42 Å². The maximum Gasteiger partial charge on any atom is 0.416 e. The molecule has 0 aliphatic rings. The smallest absolute Gasteiger partial charge is 0.416 e. The average Bonchev–Trinajstić information content (AvgIpc) is 3.12. The van der Waals surface area contributed by atoms with Gasteiger partial charge in [-0.1, -0.05) is 36.4 Å². The third kappa shape index (κ3) is 4.29. The number of fused-ring (bicyclic) bond motifs is 1. The van der Waals surface area contributed by atoms with Crippen molar-refractivity contribution in [3.8, 4) is 11.5 Å². The van der Waals surface area contributed by atoms with Gasteiger partial charge in [-0.15, -0.1) is 0 Å².